The molecule has 0 aliphatic heterocycles. The fourth-order valence-corrected chi connectivity index (χ4v) is 8.75. The topological polar surface area (TPSA) is 95.9 Å². The molecule has 0 aliphatic carbocycles. The van der Waals surface area contributed by atoms with Crippen LogP contribution in [0.1, 0.15) is 309 Å². The number of hydrogen-bond acceptors (Lipinski definition) is 5. The molecule has 0 aromatic rings. The van der Waals surface area contributed by atoms with Crippen LogP contribution in [-0.4, -0.2) is 47.4 Å². The van der Waals surface area contributed by atoms with Gasteiger partial charge in [-0.05, 0) is 32.1 Å². The summed E-state index contributed by atoms with van der Waals surface area (Å²) in [5.74, 6) is -0.0652. The van der Waals surface area contributed by atoms with Gasteiger partial charge in [0.15, 0.2) is 0 Å². The largest absolute Gasteiger partial charge is 0.466 e. The number of esters is 1. The van der Waals surface area contributed by atoms with E-state index in [-0.39, 0.29) is 18.5 Å². The number of unbranched alkanes of at least 4 members (excludes halogenated alkanes) is 41. The average molecular weight is 876 g/mol. The van der Waals surface area contributed by atoms with E-state index in [0.29, 0.717) is 19.4 Å². The van der Waals surface area contributed by atoms with Crippen LogP contribution in [0.3, 0.4) is 0 Å². The van der Waals surface area contributed by atoms with Crippen LogP contribution in [0.4, 0.5) is 0 Å². The van der Waals surface area contributed by atoms with Crippen molar-refractivity contribution in [2.45, 2.75) is 321 Å². The van der Waals surface area contributed by atoms with Crippen molar-refractivity contribution in [3.05, 3.63) is 12.2 Å². The molecule has 0 spiro atoms. The van der Waals surface area contributed by atoms with Gasteiger partial charge in [0.05, 0.1) is 25.4 Å². The molecular formula is C56H109NO5. The Morgan fingerprint density at radius 2 is 0.742 bits per heavy atom. The van der Waals surface area contributed by atoms with Crippen molar-refractivity contribution in [1.82, 2.24) is 5.32 Å². The summed E-state index contributed by atoms with van der Waals surface area (Å²) in [6.07, 6.45) is 60.8. The highest BCUT2D eigenvalue weighted by molar-refractivity contribution is 5.76. The molecule has 0 saturated carbocycles. The quantitative estimate of drug-likeness (QED) is 0.0321. The van der Waals surface area contributed by atoms with Crippen molar-refractivity contribution >= 4 is 11.9 Å². The Bertz CT molecular complexity index is 924. The predicted molar refractivity (Wildman–Crippen MR) is 269 cm³/mol. The summed E-state index contributed by atoms with van der Waals surface area (Å²) >= 11 is 0. The van der Waals surface area contributed by atoms with E-state index < -0.39 is 12.1 Å². The Balaban J connectivity index is 3.43. The van der Waals surface area contributed by atoms with Crippen molar-refractivity contribution in [3.8, 4) is 0 Å². The summed E-state index contributed by atoms with van der Waals surface area (Å²) < 4.78 is 5.47. The summed E-state index contributed by atoms with van der Waals surface area (Å²) in [4.78, 5) is 24.5. The Labute approximate surface area is 387 Å². The lowest BCUT2D eigenvalue weighted by molar-refractivity contribution is -0.143. The predicted octanol–water partition coefficient (Wildman–Crippen LogP) is 16.9. The van der Waals surface area contributed by atoms with Gasteiger partial charge in [0.2, 0.25) is 5.91 Å². The minimum absolute atomic E-state index is 0.00632. The minimum atomic E-state index is -0.846. The Hall–Kier alpha value is -1.40. The maximum absolute atomic E-state index is 12.4. The molecule has 2 unspecified atom stereocenters. The minimum Gasteiger partial charge on any atom is -0.466 e. The summed E-state index contributed by atoms with van der Waals surface area (Å²) in [6, 6.07) is -0.630. The lowest BCUT2D eigenvalue weighted by atomic mass is 10.0. The Morgan fingerprint density at radius 3 is 1.10 bits per heavy atom. The van der Waals surface area contributed by atoms with Gasteiger partial charge in [-0.15, -0.1) is 0 Å². The third kappa shape index (κ3) is 48.1. The second-order valence-electron chi connectivity index (χ2n) is 19.3. The van der Waals surface area contributed by atoms with Gasteiger partial charge in [-0.2, -0.15) is 0 Å². The zero-order chi connectivity index (χ0) is 45.1. The third-order valence-electron chi connectivity index (χ3n) is 13.1. The van der Waals surface area contributed by atoms with Gasteiger partial charge in [0.25, 0.3) is 0 Å². The van der Waals surface area contributed by atoms with Crippen molar-refractivity contribution in [2.24, 2.45) is 0 Å². The fourth-order valence-electron chi connectivity index (χ4n) is 8.75. The first-order valence-electron chi connectivity index (χ1n) is 28.0. The van der Waals surface area contributed by atoms with Crippen molar-refractivity contribution in [2.75, 3.05) is 13.2 Å². The molecule has 2 atom stereocenters. The molecule has 0 bridgehead atoms. The Kier molecular flexibility index (Phi) is 51.0. The molecule has 6 nitrogen and oxygen atoms in total. The lowest BCUT2D eigenvalue weighted by Crippen LogP contribution is -2.45. The van der Waals surface area contributed by atoms with E-state index in [9.17, 15) is 19.8 Å². The normalized spacial score (nSPS) is 12.6. The van der Waals surface area contributed by atoms with Crippen LogP contribution in [0.2, 0.25) is 0 Å². The average Bonchev–Trinajstić information content (AvgIpc) is 3.27. The highest BCUT2D eigenvalue weighted by atomic mass is 16.5. The molecular weight excluding hydrogens is 767 g/mol. The molecule has 0 heterocycles. The first-order valence-corrected chi connectivity index (χ1v) is 28.0. The van der Waals surface area contributed by atoms with Crippen LogP contribution < -0.4 is 5.32 Å². The molecule has 1 amide bonds. The summed E-state index contributed by atoms with van der Waals surface area (Å²) in [5.41, 5.74) is 0. The van der Waals surface area contributed by atoms with Crippen LogP contribution in [0.25, 0.3) is 0 Å². The zero-order valence-corrected chi connectivity index (χ0v) is 41.9. The monoisotopic (exact) mass is 876 g/mol. The van der Waals surface area contributed by atoms with E-state index in [1.54, 1.807) is 6.08 Å². The molecule has 0 saturated heterocycles. The standard InChI is InChI=1S/C56H109NO5/c1-3-5-7-9-11-13-15-17-21-25-28-32-36-40-44-48-54(59)53(52-58)57-55(60)49-45-41-37-33-29-26-22-19-18-20-23-27-31-35-39-43-47-51-62-56(61)50-46-42-38-34-30-24-16-14-12-10-8-6-4-2/h44,48,53-54,58-59H,3-43,45-47,49-52H2,1-2H3,(H,57,60)/b48-44+. The number of amides is 1. The Morgan fingerprint density at radius 1 is 0.435 bits per heavy atom. The van der Waals surface area contributed by atoms with Gasteiger partial charge < -0.3 is 20.3 Å². The van der Waals surface area contributed by atoms with E-state index in [1.807, 2.05) is 6.08 Å². The number of carbonyl (C=O) groups excluding carboxylic acids is 2. The van der Waals surface area contributed by atoms with Crippen molar-refractivity contribution in [1.29, 1.82) is 0 Å². The maximum atomic E-state index is 12.4. The van der Waals surface area contributed by atoms with Crippen LogP contribution in [-0.2, 0) is 14.3 Å². The SMILES string of the molecule is CCCCCCCCCCCCCCC/C=C/C(O)C(CO)NC(=O)CCCCCCCCCCCCCCCCCCCOC(=O)CCCCCCCCCCCCCCC. The fraction of sp³-hybridized carbons (Fsp3) is 0.929. The molecule has 0 aliphatic rings. The van der Waals surface area contributed by atoms with Crippen LogP contribution in [0, 0.1) is 0 Å². The van der Waals surface area contributed by atoms with E-state index in [1.165, 1.54) is 244 Å². The van der Waals surface area contributed by atoms with Crippen LogP contribution in [0.5, 0.6) is 0 Å². The van der Waals surface area contributed by atoms with Crippen LogP contribution in [0.15, 0.2) is 12.2 Å². The van der Waals surface area contributed by atoms with Gasteiger partial charge in [0.1, 0.15) is 0 Å². The molecule has 6 heteroatoms. The molecule has 0 rings (SSSR count). The third-order valence-corrected chi connectivity index (χ3v) is 13.1. The first kappa shape index (κ1) is 60.6. The van der Waals surface area contributed by atoms with E-state index >= 15 is 0 Å². The van der Waals surface area contributed by atoms with Gasteiger partial charge >= 0.3 is 5.97 Å². The van der Waals surface area contributed by atoms with Gasteiger partial charge in [-0.25, -0.2) is 0 Å². The second kappa shape index (κ2) is 52.2. The highest BCUT2D eigenvalue weighted by Gasteiger charge is 2.18. The molecule has 368 valence electrons. The summed E-state index contributed by atoms with van der Waals surface area (Å²) in [7, 11) is 0. The van der Waals surface area contributed by atoms with Gasteiger partial charge in [0, 0.05) is 12.8 Å². The number of aliphatic hydroxyl groups excluding tert-OH is 2. The number of ether oxygens (including phenoxy) is 1. The number of aliphatic hydroxyl groups is 2. The molecule has 3 N–H and O–H groups in total. The highest BCUT2D eigenvalue weighted by Crippen LogP contribution is 2.17. The smallest absolute Gasteiger partial charge is 0.305 e. The van der Waals surface area contributed by atoms with E-state index in [4.69, 9.17) is 4.74 Å². The number of hydrogen-bond donors (Lipinski definition) is 3. The van der Waals surface area contributed by atoms with Crippen LogP contribution >= 0.6 is 0 Å². The van der Waals surface area contributed by atoms with Crippen molar-refractivity contribution < 1.29 is 24.5 Å². The number of nitrogens with one attached hydrogen (secondary N) is 1. The van der Waals surface area contributed by atoms with E-state index in [2.05, 4.69) is 19.2 Å². The van der Waals surface area contributed by atoms with Crippen molar-refractivity contribution in [3.63, 3.8) is 0 Å². The summed E-state index contributed by atoms with van der Waals surface area (Å²) in [5, 5.41) is 23.1. The second-order valence-corrected chi connectivity index (χ2v) is 19.3. The van der Waals surface area contributed by atoms with Gasteiger partial charge in [-0.3, -0.25) is 9.59 Å². The first-order chi connectivity index (χ1) is 30.5. The number of rotatable bonds is 52. The molecule has 0 aromatic carbocycles. The zero-order valence-electron chi connectivity index (χ0n) is 41.9. The molecule has 0 aromatic heterocycles. The number of carbonyl (C=O) groups is 2. The molecule has 0 radical (unpaired) electrons. The number of allylic oxidation sites excluding steroid dienone is 1. The van der Waals surface area contributed by atoms with E-state index in [0.717, 1.165) is 38.5 Å². The summed E-state index contributed by atoms with van der Waals surface area (Å²) in [6.45, 7) is 4.91. The maximum Gasteiger partial charge on any atom is 0.305 e. The molecule has 0 fully saturated rings. The molecule has 62 heavy (non-hydrogen) atoms. The van der Waals surface area contributed by atoms with Gasteiger partial charge in [-0.1, -0.05) is 276 Å². The lowest BCUT2D eigenvalue weighted by Gasteiger charge is -2.20.